The molecular formula is C25H17ClN2O2S. The highest BCUT2D eigenvalue weighted by Gasteiger charge is 2.34. The summed E-state index contributed by atoms with van der Waals surface area (Å²) in [7, 11) is 0. The average molecular weight is 445 g/mol. The Hall–Kier alpha value is -3.54. The van der Waals surface area contributed by atoms with Crippen LogP contribution in [0, 0.1) is 0 Å². The summed E-state index contributed by atoms with van der Waals surface area (Å²) in [5, 5.41) is 3.16. The van der Waals surface area contributed by atoms with Crippen molar-refractivity contribution in [2.75, 3.05) is 4.90 Å². The minimum absolute atomic E-state index is 0.00656. The second-order valence-electron chi connectivity index (χ2n) is 6.77. The van der Waals surface area contributed by atoms with Crippen molar-refractivity contribution >= 4 is 52.0 Å². The molecule has 4 nitrogen and oxygen atoms in total. The number of hydrogen-bond donors (Lipinski definition) is 1. The highest BCUT2D eigenvalue weighted by Crippen LogP contribution is 2.26. The first-order valence-electron chi connectivity index (χ1n) is 9.53. The smallest absolute Gasteiger partial charge is 0.270 e. The molecule has 3 aromatic carbocycles. The Labute approximate surface area is 190 Å². The first-order chi connectivity index (χ1) is 15.0. The summed E-state index contributed by atoms with van der Waals surface area (Å²) in [4.78, 5) is 27.0. The van der Waals surface area contributed by atoms with Crippen LogP contribution in [0.2, 0.25) is 5.02 Å². The number of carbonyl (C=O) groups is 2. The van der Waals surface area contributed by atoms with Gasteiger partial charge in [-0.25, -0.2) is 0 Å². The molecule has 0 radical (unpaired) electrons. The zero-order chi connectivity index (χ0) is 21.8. The van der Waals surface area contributed by atoms with Crippen molar-refractivity contribution in [1.29, 1.82) is 0 Å². The van der Waals surface area contributed by atoms with Crippen LogP contribution in [-0.2, 0) is 9.59 Å². The van der Waals surface area contributed by atoms with Crippen LogP contribution in [-0.4, -0.2) is 16.9 Å². The van der Waals surface area contributed by atoms with E-state index in [2.05, 4.69) is 5.32 Å². The molecule has 3 aromatic rings. The van der Waals surface area contributed by atoms with Crippen molar-refractivity contribution in [2.45, 2.75) is 0 Å². The monoisotopic (exact) mass is 444 g/mol. The predicted octanol–water partition coefficient (Wildman–Crippen LogP) is 5.15. The molecule has 0 saturated carbocycles. The van der Waals surface area contributed by atoms with Gasteiger partial charge in [0.1, 0.15) is 5.57 Å². The molecule has 1 aliphatic rings. The van der Waals surface area contributed by atoms with E-state index in [0.717, 1.165) is 16.7 Å². The Kier molecular flexibility index (Phi) is 6.07. The molecule has 1 heterocycles. The maximum atomic E-state index is 13.2. The number of amides is 2. The zero-order valence-corrected chi connectivity index (χ0v) is 17.9. The van der Waals surface area contributed by atoms with Crippen LogP contribution in [0.1, 0.15) is 11.1 Å². The van der Waals surface area contributed by atoms with Crippen molar-refractivity contribution < 1.29 is 9.59 Å². The first kappa shape index (κ1) is 20.7. The number of allylic oxidation sites excluding steroid dienone is 2. The van der Waals surface area contributed by atoms with Gasteiger partial charge in [-0.2, -0.15) is 0 Å². The predicted molar refractivity (Wildman–Crippen MR) is 128 cm³/mol. The second-order valence-corrected chi connectivity index (χ2v) is 7.59. The standard InChI is InChI=1S/C25H17ClN2O2S/c26-19-11-13-20(14-12-19)28-24(30)22(23(29)27-25(28)31)16-15-21(17-7-3-1-4-8-17)18-9-5-2-6-10-18/h1-16H,(H,27,29,31)/b22-16-. The molecule has 1 aliphatic heterocycles. The normalized spacial score (nSPS) is 15.1. The van der Waals surface area contributed by atoms with Gasteiger partial charge in [0, 0.05) is 5.02 Å². The lowest BCUT2D eigenvalue weighted by Crippen LogP contribution is -2.54. The molecule has 2 amide bonds. The number of hydrogen-bond acceptors (Lipinski definition) is 3. The molecule has 0 aliphatic carbocycles. The van der Waals surface area contributed by atoms with Gasteiger partial charge >= 0.3 is 0 Å². The SMILES string of the molecule is O=C1NC(=S)N(c2ccc(Cl)cc2)C(=O)/C1=C\C=C(c1ccccc1)c1ccccc1. The molecule has 6 heteroatoms. The van der Waals surface area contributed by atoms with Gasteiger partial charge < -0.3 is 0 Å². The summed E-state index contributed by atoms with van der Waals surface area (Å²) >= 11 is 11.2. The molecule has 31 heavy (non-hydrogen) atoms. The van der Waals surface area contributed by atoms with E-state index in [0.29, 0.717) is 10.7 Å². The van der Waals surface area contributed by atoms with E-state index in [1.54, 1.807) is 30.3 Å². The summed E-state index contributed by atoms with van der Waals surface area (Å²) in [5.74, 6) is -1.02. The van der Waals surface area contributed by atoms with E-state index < -0.39 is 11.8 Å². The Bertz CT molecular complexity index is 1160. The highest BCUT2D eigenvalue weighted by molar-refractivity contribution is 7.80. The van der Waals surface area contributed by atoms with Crippen LogP contribution < -0.4 is 10.2 Å². The second kappa shape index (κ2) is 9.08. The molecule has 152 valence electrons. The van der Waals surface area contributed by atoms with E-state index in [1.165, 1.54) is 11.0 Å². The van der Waals surface area contributed by atoms with Gasteiger partial charge in [0.05, 0.1) is 5.69 Å². The topological polar surface area (TPSA) is 49.4 Å². The number of halogens is 1. The number of carbonyl (C=O) groups excluding carboxylic acids is 2. The summed E-state index contributed by atoms with van der Waals surface area (Å²) in [6.45, 7) is 0. The maximum absolute atomic E-state index is 13.2. The van der Waals surface area contributed by atoms with Gasteiger partial charge in [-0.15, -0.1) is 0 Å². The highest BCUT2D eigenvalue weighted by atomic mass is 35.5. The summed E-state index contributed by atoms with van der Waals surface area (Å²) in [6.07, 6.45) is 3.32. The summed E-state index contributed by atoms with van der Waals surface area (Å²) in [5.41, 5.74) is 3.35. The number of rotatable bonds is 4. The summed E-state index contributed by atoms with van der Waals surface area (Å²) < 4.78 is 0. The van der Waals surface area contributed by atoms with Crippen LogP contribution >= 0.6 is 23.8 Å². The lowest BCUT2D eigenvalue weighted by molar-refractivity contribution is -0.122. The minimum Gasteiger partial charge on any atom is -0.298 e. The fourth-order valence-electron chi connectivity index (χ4n) is 3.26. The molecule has 4 rings (SSSR count). The third-order valence-electron chi connectivity index (χ3n) is 4.77. The number of nitrogens with one attached hydrogen (secondary N) is 1. The van der Waals surface area contributed by atoms with Crippen molar-refractivity contribution in [3.63, 3.8) is 0 Å². The minimum atomic E-state index is -0.531. The van der Waals surface area contributed by atoms with Crippen LogP contribution in [0.3, 0.4) is 0 Å². The quantitative estimate of drug-likeness (QED) is 0.344. The van der Waals surface area contributed by atoms with Crippen molar-refractivity contribution in [3.8, 4) is 0 Å². The van der Waals surface area contributed by atoms with E-state index in [1.807, 2.05) is 60.7 Å². The van der Waals surface area contributed by atoms with Crippen LogP contribution in [0.4, 0.5) is 5.69 Å². The average Bonchev–Trinajstić information content (AvgIpc) is 2.78. The van der Waals surface area contributed by atoms with Crippen molar-refractivity contribution in [1.82, 2.24) is 5.32 Å². The van der Waals surface area contributed by atoms with E-state index in [-0.39, 0.29) is 10.7 Å². The molecule has 1 fully saturated rings. The van der Waals surface area contributed by atoms with Crippen LogP contribution in [0.5, 0.6) is 0 Å². The van der Waals surface area contributed by atoms with Gasteiger partial charge in [-0.1, -0.05) is 78.3 Å². The number of anilines is 1. The number of thiocarbonyl (C=S) groups is 1. The third kappa shape index (κ3) is 4.48. The van der Waals surface area contributed by atoms with Gasteiger partial charge in [0.25, 0.3) is 11.8 Å². The Morgan fingerprint density at radius 2 is 1.39 bits per heavy atom. The van der Waals surface area contributed by atoms with Crippen molar-refractivity contribution in [3.05, 3.63) is 119 Å². The maximum Gasteiger partial charge on any atom is 0.270 e. The van der Waals surface area contributed by atoms with Gasteiger partial charge in [-0.05, 0) is 59.3 Å². The molecule has 1 saturated heterocycles. The van der Waals surface area contributed by atoms with Gasteiger partial charge in [0.15, 0.2) is 5.11 Å². The number of benzene rings is 3. The van der Waals surface area contributed by atoms with Gasteiger partial charge in [0.2, 0.25) is 0 Å². The van der Waals surface area contributed by atoms with E-state index in [4.69, 9.17) is 23.8 Å². The van der Waals surface area contributed by atoms with Crippen LogP contribution in [0.25, 0.3) is 5.57 Å². The fraction of sp³-hybridized carbons (Fsp3) is 0. The Balaban J connectivity index is 1.76. The summed E-state index contributed by atoms with van der Waals surface area (Å²) in [6, 6.07) is 26.3. The third-order valence-corrected chi connectivity index (χ3v) is 5.31. The molecule has 0 bridgehead atoms. The van der Waals surface area contributed by atoms with E-state index >= 15 is 0 Å². The molecule has 0 spiro atoms. The van der Waals surface area contributed by atoms with E-state index in [9.17, 15) is 9.59 Å². The van der Waals surface area contributed by atoms with Crippen LogP contribution in [0.15, 0.2) is 103 Å². The van der Waals surface area contributed by atoms with Crippen molar-refractivity contribution in [2.24, 2.45) is 0 Å². The van der Waals surface area contributed by atoms with Gasteiger partial charge in [-0.3, -0.25) is 19.8 Å². The first-order valence-corrected chi connectivity index (χ1v) is 10.3. The molecule has 0 atom stereocenters. The number of nitrogens with zero attached hydrogens (tertiary/aromatic N) is 1. The molecule has 0 unspecified atom stereocenters. The Morgan fingerprint density at radius 3 is 1.94 bits per heavy atom. The lowest BCUT2D eigenvalue weighted by atomic mass is 9.97. The zero-order valence-electron chi connectivity index (χ0n) is 16.3. The largest absolute Gasteiger partial charge is 0.298 e. The Morgan fingerprint density at radius 1 is 0.839 bits per heavy atom. The molecule has 1 N–H and O–H groups in total. The lowest BCUT2D eigenvalue weighted by Gasteiger charge is -2.28. The molecular weight excluding hydrogens is 428 g/mol. The fourth-order valence-corrected chi connectivity index (χ4v) is 3.67. The molecule has 0 aromatic heterocycles.